The second-order valence-corrected chi connectivity index (χ2v) is 5.70. The van der Waals surface area contributed by atoms with Crippen molar-refractivity contribution in [2.45, 2.75) is 32.8 Å². The molecule has 1 unspecified atom stereocenters. The van der Waals surface area contributed by atoms with Gasteiger partial charge in [0.05, 0.1) is 11.8 Å². The topological polar surface area (TPSA) is 38.0 Å². The zero-order chi connectivity index (χ0) is 14.0. The lowest BCUT2D eigenvalue weighted by molar-refractivity contribution is 0.175. The maximum absolute atomic E-state index is 10.4. The molecule has 0 aliphatic carbocycles. The van der Waals surface area contributed by atoms with Crippen molar-refractivity contribution >= 4 is 15.9 Å². The number of aliphatic hydroxyl groups excluding tert-OH is 1. The third-order valence-electron chi connectivity index (χ3n) is 3.31. The minimum absolute atomic E-state index is 0.518. The molecule has 0 saturated heterocycles. The number of hydrogen-bond acceptors (Lipinski definition) is 2. The molecule has 1 aromatic carbocycles. The number of aryl methyl sites for hydroxylation is 3. The van der Waals surface area contributed by atoms with Crippen molar-refractivity contribution in [3.63, 3.8) is 0 Å². The van der Waals surface area contributed by atoms with Gasteiger partial charge in [0.15, 0.2) is 0 Å². The fourth-order valence-electron chi connectivity index (χ4n) is 2.15. The average Bonchev–Trinajstić information content (AvgIpc) is 2.70. The van der Waals surface area contributed by atoms with E-state index in [0.29, 0.717) is 6.42 Å². The summed E-state index contributed by atoms with van der Waals surface area (Å²) in [7, 11) is 1.92. The highest BCUT2D eigenvalue weighted by Crippen LogP contribution is 2.27. The highest BCUT2D eigenvalue weighted by atomic mass is 79.9. The number of hydrogen-bond donors (Lipinski definition) is 1. The molecule has 0 fully saturated rings. The van der Waals surface area contributed by atoms with Crippen molar-refractivity contribution < 1.29 is 5.11 Å². The first kappa shape index (κ1) is 14.3. The summed E-state index contributed by atoms with van der Waals surface area (Å²) in [6.45, 7) is 4.12. The molecule has 0 aliphatic rings. The van der Waals surface area contributed by atoms with E-state index in [-0.39, 0.29) is 0 Å². The standard InChI is InChI=1S/C15H19BrN2O/c1-4-11-8-12(18(3)17-11)9-15(19)13-6-5-10(2)7-14(13)16/h5-8,15,19H,4,9H2,1-3H3. The Kier molecular flexibility index (Phi) is 4.42. The fraction of sp³-hybridized carbons (Fsp3) is 0.400. The highest BCUT2D eigenvalue weighted by molar-refractivity contribution is 9.10. The van der Waals surface area contributed by atoms with Gasteiger partial charge in [0.25, 0.3) is 0 Å². The number of aliphatic hydroxyl groups is 1. The lowest BCUT2D eigenvalue weighted by atomic mass is 10.0. The highest BCUT2D eigenvalue weighted by Gasteiger charge is 2.15. The summed E-state index contributed by atoms with van der Waals surface area (Å²) in [4.78, 5) is 0. The quantitative estimate of drug-likeness (QED) is 0.937. The minimum Gasteiger partial charge on any atom is -0.388 e. The van der Waals surface area contributed by atoms with E-state index in [1.54, 1.807) is 0 Å². The van der Waals surface area contributed by atoms with Crippen LogP contribution in [0.15, 0.2) is 28.7 Å². The summed E-state index contributed by atoms with van der Waals surface area (Å²) in [5, 5.41) is 14.8. The Bertz CT molecular complexity index is 578. The lowest BCUT2D eigenvalue weighted by Crippen LogP contribution is -2.07. The second kappa shape index (κ2) is 5.88. The largest absolute Gasteiger partial charge is 0.388 e. The Labute approximate surface area is 122 Å². The van der Waals surface area contributed by atoms with Crippen molar-refractivity contribution in [2.75, 3.05) is 0 Å². The van der Waals surface area contributed by atoms with Gasteiger partial charge in [-0.25, -0.2) is 0 Å². The second-order valence-electron chi connectivity index (χ2n) is 4.85. The van der Waals surface area contributed by atoms with Gasteiger partial charge in [-0.05, 0) is 36.6 Å². The van der Waals surface area contributed by atoms with Crippen LogP contribution in [0.25, 0.3) is 0 Å². The van der Waals surface area contributed by atoms with Crippen LogP contribution in [0.1, 0.15) is 35.5 Å². The lowest BCUT2D eigenvalue weighted by Gasteiger charge is -2.13. The van der Waals surface area contributed by atoms with E-state index in [1.165, 1.54) is 5.56 Å². The van der Waals surface area contributed by atoms with Crippen LogP contribution in [0.2, 0.25) is 0 Å². The SMILES string of the molecule is CCc1cc(CC(O)c2ccc(C)cc2Br)n(C)n1. The third-order valence-corrected chi connectivity index (χ3v) is 3.99. The molecule has 1 atom stereocenters. The molecule has 102 valence electrons. The Morgan fingerprint density at radius 3 is 2.68 bits per heavy atom. The van der Waals surface area contributed by atoms with Gasteiger partial charge in [0, 0.05) is 23.6 Å². The summed E-state index contributed by atoms with van der Waals surface area (Å²) in [6, 6.07) is 8.08. The molecule has 0 aliphatic heterocycles. The minimum atomic E-state index is -0.518. The Morgan fingerprint density at radius 1 is 1.37 bits per heavy atom. The number of nitrogens with zero attached hydrogens (tertiary/aromatic N) is 2. The molecule has 1 N–H and O–H groups in total. The molecule has 0 spiro atoms. The molecule has 19 heavy (non-hydrogen) atoms. The van der Waals surface area contributed by atoms with Crippen molar-refractivity contribution in [3.05, 3.63) is 51.3 Å². The van der Waals surface area contributed by atoms with Gasteiger partial charge in [0.2, 0.25) is 0 Å². The van der Waals surface area contributed by atoms with Crippen LogP contribution in [0.5, 0.6) is 0 Å². The van der Waals surface area contributed by atoms with Crippen LogP contribution < -0.4 is 0 Å². The van der Waals surface area contributed by atoms with E-state index in [0.717, 1.165) is 27.8 Å². The number of benzene rings is 1. The predicted molar refractivity (Wildman–Crippen MR) is 80.1 cm³/mol. The summed E-state index contributed by atoms with van der Waals surface area (Å²) in [6.07, 6.45) is 0.971. The molecule has 0 bridgehead atoms. The zero-order valence-electron chi connectivity index (χ0n) is 11.5. The van der Waals surface area contributed by atoms with Crippen molar-refractivity contribution in [1.82, 2.24) is 9.78 Å². The predicted octanol–water partition coefficient (Wildman–Crippen LogP) is 3.33. The van der Waals surface area contributed by atoms with Gasteiger partial charge in [-0.2, -0.15) is 5.10 Å². The molecule has 4 heteroatoms. The summed E-state index contributed by atoms with van der Waals surface area (Å²) >= 11 is 3.52. The van der Waals surface area contributed by atoms with Crippen molar-refractivity contribution in [2.24, 2.45) is 7.05 Å². The van der Waals surface area contributed by atoms with Gasteiger partial charge in [-0.3, -0.25) is 4.68 Å². The van der Waals surface area contributed by atoms with Crippen LogP contribution in [0.3, 0.4) is 0 Å². The molecule has 0 amide bonds. The molecule has 1 aromatic heterocycles. The first-order chi connectivity index (χ1) is 9.01. The van der Waals surface area contributed by atoms with Crippen molar-refractivity contribution in [1.29, 1.82) is 0 Å². The van der Waals surface area contributed by atoms with E-state index in [2.05, 4.69) is 34.0 Å². The Morgan fingerprint density at radius 2 is 2.11 bits per heavy atom. The normalized spacial score (nSPS) is 12.7. The Balaban J connectivity index is 2.20. The number of rotatable bonds is 4. The van der Waals surface area contributed by atoms with E-state index in [9.17, 15) is 5.11 Å². The molecule has 0 radical (unpaired) electrons. The van der Waals surface area contributed by atoms with Crippen molar-refractivity contribution in [3.8, 4) is 0 Å². The first-order valence-corrected chi connectivity index (χ1v) is 7.26. The van der Waals surface area contributed by atoms with Gasteiger partial charge >= 0.3 is 0 Å². The summed E-state index contributed by atoms with van der Waals surface area (Å²) in [5.41, 5.74) is 4.21. The smallest absolute Gasteiger partial charge is 0.0856 e. The van der Waals surface area contributed by atoms with Gasteiger partial charge < -0.3 is 5.11 Å². The maximum atomic E-state index is 10.4. The summed E-state index contributed by atoms with van der Waals surface area (Å²) < 4.78 is 2.81. The number of aromatic nitrogens is 2. The van der Waals surface area contributed by atoms with Gasteiger partial charge in [-0.1, -0.05) is 35.0 Å². The molecule has 2 aromatic rings. The van der Waals surface area contributed by atoms with Crippen LogP contribution >= 0.6 is 15.9 Å². The molecule has 2 rings (SSSR count). The molecule has 1 heterocycles. The van der Waals surface area contributed by atoms with E-state index >= 15 is 0 Å². The number of halogens is 1. The van der Waals surface area contributed by atoms with Crippen LogP contribution in [0.4, 0.5) is 0 Å². The molecule has 0 saturated carbocycles. The first-order valence-electron chi connectivity index (χ1n) is 6.47. The molecular formula is C15H19BrN2O. The van der Waals surface area contributed by atoms with Crippen LogP contribution in [-0.2, 0) is 19.9 Å². The molecular weight excluding hydrogens is 304 g/mol. The van der Waals surface area contributed by atoms with Crippen LogP contribution in [0, 0.1) is 6.92 Å². The zero-order valence-corrected chi connectivity index (χ0v) is 13.1. The van der Waals surface area contributed by atoms with E-state index in [1.807, 2.05) is 36.9 Å². The monoisotopic (exact) mass is 322 g/mol. The van der Waals surface area contributed by atoms with Gasteiger partial charge in [0.1, 0.15) is 0 Å². The van der Waals surface area contributed by atoms with E-state index in [4.69, 9.17) is 0 Å². The average molecular weight is 323 g/mol. The third kappa shape index (κ3) is 3.25. The Hall–Kier alpha value is -1.13. The summed E-state index contributed by atoms with van der Waals surface area (Å²) in [5.74, 6) is 0. The van der Waals surface area contributed by atoms with E-state index < -0.39 is 6.10 Å². The van der Waals surface area contributed by atoms with Gasteiger partial charge in [-0.15, -0.1) is 0 Å². The maximum Gasteiger partial charge on any atom is 0.0856 e. The van der Waals surface area contributed by atoms with Crippen LogP contribution in [-0.4, -0.2) is 14.9 Å². The fourth-order valence-corrected chi connectivity index (χ4v) is 2.90. The molecule has 3 nitrogen and oxygen atoms in total.